The van der Waals surface area contributed by atoms with Crippen molar-refractivity contribution in [2.24, 2.45) is 17.8 Å². The minimum Gasteiger partial charge on any atom is -0.483 e. The summed E-state index contributed by atoms with van der Waals surface area (Å²) in [5.74, 6) is 0.894. The van der Waals surface area contributed by atoms with Gasteiger partial charge in [0.25, 0.3) is 6.47 Å². The van der Waals surface area contributed by atoms with E-state index in [0.29, 0.717) is 13.0 Å². The zero-order chi connectivity index (χ0) is 33.4. The predicted molar refractivity (Wildman–Crippen MR) is 177 cm³/mol. The molecule has 3 atom stereocenters. The molecule has 0 radical (unpaired) electrons. The zero-order valence-electron chi connectivity index (χ0n) is 28.8. The summed E-state index contributed by atoms with van der Waals surface area (Å²) >= 11 is 0. The Morgan fingerprint density at radius 2 is 1.57 bits per heavy atom. The maximum atomic E-state index is 13.2. The Balaban J connectivity index is 0.00000125. The molecule has 2 aliphatic rings. The third-order valence-corrected chi connectivity index (χ3v) is 8.68. The van der Waals surface area contributed by atoms with Crippen LogP contribution in [0.4, 0.5) is 0 Å². The molecule has 2 aliphatic heterocycles. The third-order valence-electron chi connectivity index (χ3n) is 8.68. The molecule has 0 saturated carbocycles. The van der Waals surface area contributed by atoms with Crippen LogP contribution in [0.1, 0.15) is 93.1 Å². The van der Waals surface area contributed by atoms with Gasteiger partial charge in [-0.1, -0.05) is 85.7 Å². The molecule has 2 heterocycles. The number of carbonyl (C=O) groups excluding carboxylic acids is 3. The van der Waals surface area contributed by atoms with Crippen molar-refractivity contribution >= 4 is 24.2 Å². The molecule has 0 spiro atoms. The number of hydrogen-bond donors (Lipinski definition) is 2. The molecule has 2 fully saturated rings. The highest BCUT2D eigenvalue weighted by Gasteiger charge is 2.38. The van der Waals surface area contributed by atoms with Gasteiger partial charge in [-0.05, 0) is 56.0 Å². The van der Waals surface area contributed by atoms with Crippen LogP contribution in [-0.4, -0.2) is 95.9 Å². The van der Waals surface area contributed by atoms with Gasteiger partial charge in [-0.2, -0.15) is 0 Å². The minimum atomic E-state index is -0.345. The number of nitrogens with one attached hydrogen (secondary N) is 1. The van der Waals surface area contributed by atoms with Crippen molar-refractivity contribution in [1.82, 2.24) is 20.0 Å². The van der Waals surface area contributed by atoms with Crippen LogP contribution < -0.4 is 5.32 Å². The van der Waals surface area contributed by atoms with Gasteiger partial charge in [-0.15, -0.1) is 0 Å². The lowest BCUT2D eigenvalue weighted by Crippen LogP contribution is -2.54. The molecule has 9 nitrogen and oxygen atoms in total. The maximum Gasteiger partial charge on any atom is 0.290 e. The highest BCUT2D eigenvalue weighted by molar-refractivity contribution is 5.87. The molecule has 3 amide bonds. The fourth-order valence-electron chi connectivity index (χ4n) is 6.18. The van der Waals surface area contributed by atoms with Crippen LogP contribution in [0.25, 0.3) is 0 Å². The van der Waals surface area contributed by atoms with Gasteiger partial charge in [-0.25, -0.2) is 0 Å². The Hall–Kier alpha value is -2.94. The summed E-state index contributed by atoms with van der Waals surface area (Å²) in [7, 11) is 1.83. The average Bonchev–Trinajstić information content (AvgIpc) is 3.67. The van der Waals surface area contributed by atoms with E-state index in [2.05, 4.69) is 70.8 Å². The van der Waals surface area contributed by atoms with E-state index < -0.39 is 0 Å². The molecule has 0 bridgehead atoms. The van der Waals surface area contributed by atoms with Gasteiger partial charge in [0, 0.05) is 44.1 Å². The van der Waals surface area contributed by atoms with Crippen LogP contribution in [0.15, 0.2) is 30.3 Å². The van der Waals surface area contributed by atoms with E-state index in [1.807, 2.05) is 37.1 Å². The number of nitrogens with zero attached hydrogens (tertiary/aromatic N) is 3. The average molecular weight is 617 g/mol. The molecule has 2 N–H and O–H groups in total. The Morgan fingerprint density at radius 1 is 1.02 bits per heavy atom. The fourth-order valence-corrected chi connectivity index (χ4v) is 6.18. The second-order valence-corrected chi connectivity index (χ2v) is 13.6. The van der Waals surface area contributed by atoms with Crippen molar-refractivity contribution in [1.29, 1.82) is 0 Å². The number of amides is 3. The molecule has 1 aromatic carbocycles. The quantitative estimate of drug-likeness (QED) is 0.337. The minimum absolute atomic E-state index is 0.0178. The first kappa shape index (κ1) is 39.1. The SMILES string of the molecule is CC(C)C.CC[C@H](C(=O)NCC(=O)N(C)[C@H](CN1CCC[C@H]1C(=O)N1CCCC1)C(C)C)C(C)(C)c1ccccc1.O=CO. The Bertz CT molecular complexity index is 1000. The molecule has 0 unspecified atom stereocenters. The smallest absolute Gasteiger partial charge is 0.290 e. The summed E-state index contributed by atoms with van der Waals surface area (Å²) in [6.45, 7) is 20.0. The van der Waals surface area contributed by atoms with E-state index in [0.717, 1.165) is 56.8 Å². The first-order valence-corrected chi connectivity index (χ1v) is 16.4. The number of carboxylic acid groups (broad SMARTS) is 1. The van der Waals surface area contributed by atoms with Gasteiger partial charge in [-0.3, -0.25) is 24.1 Å². The van der Waals surface area contributed by atoms with Gasteiger partial charge < -0.3 is 20.2 Å². The molecule has 250 valence electrons. The van der Waals surface area contributed by atoms with Crippen LogP contribution in [0.2, 0.25) is 0 Å². The number of likely N-dealkylation sites (tertiary alicyclic amines) is 2. The predicted octanol–water partition coefficient (Wildman–Crippen LogP) is 5.04. The molecule has 0 aromatic heterocycles. The van der Waals surface area contributed by atoms with Crippen molar-refractivity contribution < 1.29 is 24.3 Å². The third kappa shape index (κ3) is 11.9. The van der Waals surface area contributed by atoms with E-state index in [1.54, 1.807) is 4.90 Å². The summed E-state index contributed by atoms with van der Waals surface area (Å²) in [5, 5.41) is 9.83. The Labute approximate surface area is 266 Å². The first-order chi connectivity index (χ1) is 20.7. The first-order valence-electron chi connectivity index (χ1n) is 16.4. The molecule has 1 aromatic rings. The molecule has 2 saturated heterocycles. The van der Waals surface area contributed by atoms with Crippen LogP contribution in [0, 0.1) is 17.8 Å². The zero-order valence-corrected chi connectivity index (χ0v) is 28.8. The van der Waals surface area contributed by atoms with Crippen molar-refractivity contribution in [3.8, 4) is 0 Å². The molecule has 0 aliphatic carbocycles. The second-order valence-electron chi connectivity index (χ2n) is 13.6. The maximum absolute atomic E-state index is 13.2. The number of benzene rings is 1. The standard InChI is InChI=1S/C30H48N4O3.C4H10.CH2O2/c1-7-24(30(4,5)23-14-9-8-10-15-23)28(36)31-20-27(35)32(6)26(22(2)3)21-34-19-13-16-25(34)29(37)33-17-11-12-18-33;1-4(2)3;2-1-3/h8-10,14-15,22,24-26H,7,11-13,16-21H2,1-6H3,(H,31,36);4H,1-3H3;1H,(H,2,3)/t24-,25+,26-;;/m1../s1. The number of likely N-dealkylation sites (N-methyl/N-ethyl adjacent to an activating group) is 1. The molecular formula is C35H60N4O5. The monoisotopic (exact) mass is 616 g/mol. The van der Waals surface area contributed by atoms with Gasteiger partial charge >= 0.3 is 0 Å². The summed E-state index contributed by atoms with van der Waals surface area (Å²) in [6.07, 6.45) is 4.78. The normalized spacial score (nSPS) is 18.1. The van der Waals surface area contributed by atoms with Crippen LogP contribution in [-0.2, 0) is 24.6 Å². The Morgan fingerprint density at radius 3 is 2.07 bits per heavy atom. The van der Waals surface area contributed by atoms with E-state index in [9.17, 15) is 14.4 Å². The summed E-state index contributed by atoms with van der Waals surface area (Å²) in [4.78, 5) is 54.0. The van der Waals surface area contributed by atoms with Gasteiger partial charge in [0.1, 0.15) is 0 Å². The number of rotatable bonds is 11. The van der Waals surface area contributed by atoms with E-state index in [1.165, 1.54) is 0 Å². The number of hydrogen-bond acceptors (Lipinski definition) is 5. The number of carbonyl (C=O) groups is 4. The van der Waals surface area contributed by atoms with Crippen molar-refractivity contribution in [3.05, 3.63) is 35.9 Å². The van der Waals surface area contributed by atoms with Gasteiger partial charge in [0.05, 0.1) is 12.6 Å². The van der Waals surface area contributed by atoms with Crippen molar-refractivity contribution in [3.63, 3.8) is 0 Å². The van der Waals surface area contributed by atoms with Gasteiger partial charge in [0.2, 0.25) is 17.7 Å². The second kappa shape index (κ2) is 19.4. The molecule has 9 heteroatoms. The van der Waals surface area contributed by atoms with Gasteiger partial charge in [0.15, 0.2) is 0 Å². The van der Waals surface area contributed by atoms with Crippen molar-refractivity contribution in [2.75, 3.05) is 39.8 Å². The van der Waals surface area contributed by atoms with Crippen LogP contribution in [0.3, 0.4) is 0 Å². The van der Waals surface area contributed by atoms with E-state index >= 15 is 0 Å². The van der Waals surface area contributed by atoms with E-state index in [-0.39, 0.29) is 60.1 Å². The topological polar surface area (TPSA) is 110 Å². The fraction of sp³-hybridized carbons (Fsp3) is 0.714. The molecule has 44 heavy (non-hydrogen) atoms. The Kier molecular flexibility index (Phi) is 17.3. The summed E-state index contributed by atoms with van der Waals surface area (Å²) in [5.41, 5.74) is 0.770. The lowest BCUT2D eigenvalue weighted by atomic mass is 9.71. The lowest BCUT2D eigenvalue weighted by Gasteiger charge is -2.37. The molecular weight excluding hydrogens is 556 g/mol. The highest BCUT2D eigenvalue weighted by atomic mass is 16.3. The van der Waals surface area contributed by atoms with Crippen LogP contribution >= 0.6 is 0 Å². The highest BCUT2D eigenvalue weighted by Crippen LogP contribution is 2.34. The summed E-state index contributed by atoms with van der Waals surface area (Å²) in [6, 6.07) is 9.98. The van der Waals surface area contributed by atoms with Crippen molar-refractivity contribution in [2.45, 2.75) is 105 Å². The lowest BCUT2D eigenvalue weighted by molar-refractivity contribution is -0.137. The molecule has 3 rings (SSSR count). The van der Waals surface area contributed by atoms with Crippen LogP contribution in [0.5, 0.6) is 0 Å². The summed E-state index contributed by atoms with van der Waals surface area (Å²) < 4.78 is 0. The van der Waals surface area contributed by atoms with E-state index in [4.69, 9.17) is 9.90 Å². The largest absolute Gasteiger partial charge is 0.483 e.